The number of nitrogens with zero attached hydrogens (tertiary/aromatic N) is 4. The lowest BCUT2D eigenvalue weighted by Gasteiger charge is -2.29. The highest BCUT2D eigenvalue weighted by molar-refractivity contribution is 6.38. The standard InChI is InChI=1S/C22H22N6O3/c1-2-15-4-3-5-19(25-15)24-11-17(27-23)13-6-7-16-14(10-13)12-28(22(16)31)18-8-9-20(29)26-21(18)30/h3-7,10-11,18H,2,8-9,12,23H2,1H3,(H,26,29,30)/b24-11+,27-17+. The summed E-state index contributed by atoms with van der Waals surface area (Å²) in [5, 5.41) is 6.13. The molecule has 0 saturated carbocycles. The van der Waals surface area contributed by atoms with E-state index < -0.39 is 11.9 Å². The van der Waals surface area contributed by atoms with Crippen LogP contribution in [-0.4, -0.2) is 45.6 Å². The average molecular weight is 418 g/mol. The third-order valence-electron chi connectivity index (χ3n) is 5.43. The first-order valence-corrected chi connectivity index (χ1v) is 10.1. The molecule has 9 nitrogen and oxygen atoms in total. The Kier molecular flexibility index (Phi) is 5.57. The summed E-state index contributed by atoms with van der Waals surface area (Å²) >= 11 is 0. The number of rotatable bonds is 5. The fraction of sp³-hybridized carbons (Fsp3) is 0.273. The van der Waals surface area contributed by atoms with Crippen LogP contribution in [0.1, 0.15) is 46.9 Å². The van der Waals surface area contributed by atoms with Gasteiger partial charge in [-0.15, -0.1) is 0 Å². The van der Waals surface area contributed by atoms with E-state index in [0.29, 0.717) is 29.1 Å². The molecule has 4 rings (SSSR count). The van der Waals surface area contributed by atoms with Gasteiger partial charge in [0.25, 0.3) is 5.91 Å². The maximum absolute atomic E-state index is 12.8. The molecule has 0 radical (unpaired) electrons. The van der Waals surface area contributed by atoms with Gasteiger partial charge in [0.2, 0.25) is 11.8 Å². The van der Waals surface area contributed by atoms with Crippen LogP contribution in [-0.2, 0) is 22.6 Å². The van der Waals surface area contributed by atoms with E-state index in [2.05, 4.69) is 20.4 Å². The molecule has 1 atom stereocenters. The topological polar surface area (TPSA) is 130 Å². The van der Waals surface area contributed by atoms with Gasteiger partial charge in [0.1, 0.15) is 11.8 Å². The van der Waals surface area contributed by atoms with Crippen LogP contribution in [0.15, 0.2) is 46.5 Å². The molecule has 0 aliphatic carbocycles. The number of aromatic nitrogens is 1. The molecule has 3 heterocycles. The number of nitrogens with one attached hydrogen (secondary N) is 1. The molecule has 2 aliphatic rings. The zero-order chi connectivity index (χ0) is 22.0. The number of benzene rings is 1. The number of hydrogen-bond acceptors (Lipinski definition) is 7. The number of aryl methyl sites for hydroxylation is 1. The highest BCUT2D eigenvalue weighted by atomic mass is 16.2. The predicted molar refractivity (Wildman–Crippen MR) is 115 cm³/mol. The minimum atomic E-state index is -0.651. The average Bonchev–Trinajstić information content (AvgIpc) is 3.10. The molecule has 9 heteroatoms. The first kappa shape index (κ1) is 20.4. The number of aliphatic imine (C=N–C) groups is 1. The molecule has 1 unspecified atom stereocenters. The summed E-state index contributed by atoms with van der Waals surface area (Å²) in [7, 11) is 0. The molecule has 1 aromatic carbocycles. The number of piperidine rings is 1. The Labute approximate surface area is 179 Å². The molecule has 2 aromatic rings. The van der Waals surface area contributed by atoms with E-state index in [1.807, 2.05) is 25.1 Å². The summed E-state index contributed by atoms with van der Waals surface area (Å²) in [6.45, 7) is 2.30. The first-order chi connectivity index (χ1) is 15.0. The van der Waals surface area contributed by atoms with Gasteiger partial charge >= 0.3 is 0 Å². The number of pyridine rings is 1. The maximum atomic E-state index is 12.8. The minimum Gasteiger partial charge on any atom is -0.323 e. The lowest BCUT2D eigenvalue weighted by atomic mass is 10.0. The Morgan fingerprint density at radius 3 is 2.87 bits per heavy atom. The minimum absolute atomic E-state index is 0.218. The molecular weight excluding hydrogens is 396 g/mol. The van der Waals surface area contributed by atoms with E-state index in [0.717, 1.165) is 17.7 Å². The maximum Gasteiger partial charge on any atom is 0.255 e. The molecule has 0 bridgehead atoms. The summed E-state index contributed by atoms with van der Waals surface area (Å²) in [5.74, 6) is 5.17. The fourth-order valence-corrected chi connectivity index (χ4v) is 3.78. The van der Waals surface area contributed by atoms with E-state index in [1.165, 1.54) is 11.1 Å². The zero-order valence-electron chi connectivity index (χ0n) is 17.0. The van der Waals surface area contributed by atoms with E-state index in [1.54, 1.807) is 18.2 Å². The second kappa shape index (κ2) is 8.47. The number of carbonyl (C=O) groups is 3. The van der Waals surface area contributed by atoms with Gasteiger partial charge in [-0.1, -0.05) is 19.1 Å². The lowest BCUT2D eigenvalue weighted by molar-refractivity contribution is -0.136. The number of carbonyl (C=O) groups excluding carboxylic acids is 3. The number of imide groups is 1. The van der Waals surface area contributed by atoms with Crippen molar-refractivity contribution in [3.8, 4) is 0 Å². The van der Waals surface area contributed by atoms with E-state index in [4.69, 9.17) is 5.84 Å². The third kappa shape index (κ3) is 4.07. The molecule has 1 aromatic heterocycles. The number of fused-ring (bicyclic) bond motifs is 1. The summed E-state index contributed by atoms with van der Waals surface area (Å²) in [4.78, 5) is 46.7. The van der Waals surface area contributed by atoms with Gasteiger partial charge in [0, 0.05) is 29.8 Å². The van der Waals surface area contributed by atoms with Crippen LogP contribution in [0.3, 0.4) is 0 Å². The SMILES string of the molecule is CCc1cccc(/N=C/C(=N\N)c2ccc3c(c2)CN(C2CCC(=O)NC2=O)C3=O)n1. The largest absolute Gasteiger partial charge is 0.323 e. The zero-order valence-corrected chi connectivity index (χ0v) is 17.0. The number of amides is 3. The van der Waals surface area contributed by atoms with Gasteiger partial charge in [-0.2, -0.15) is 5.10 Å². The van der Waals surface area contributed by atoms with Gasteiger partial charge in [-0.25, -0.2) is 9.98 Å². The molecular formula is C22H22N6O3. The quantitative estimate of drug-likeness (QED) is 0.329. The van der Waals surface area contributed by atoms with Crippen LogP contribution >= 0.6 is 0 Å². The molecule has 0 spiro atoms. The Hall–Kier alpha value is -3.88. The Balaban J connectivity index is 1.55. The Bertz CT molecular complexity index is 1120. The van der Waals surface area contributed by atoms with Crippen LogP contribution in [0.2, 0.25) is 0 Å². The van der Waals surface area contributed by atoms with Crippen LogP contribution in [0.25, 0.3) is 0 Å². The van der Waals surface area contributed by atoms with Crippen LogP contribution < -0.4 is 11.2 Å². The van der Waals surface area contributed by atoms with Crippen molar-refractivity contribution < 1.29 is 14.4 Å². The molecule has 2 aliphatic heterocycles. The Morgan fingerprint density at radius 1 is 1.29 bits per heavy atom. The van der Waals surface area contributed by atoms with E-state index >= 15 is 0 Å². The Morgan fingerprint density at radius 2 is 2.13 bits per heavy atom. The summed E-state index contributed by atoms with van der Waals surface area (Å²) in [6, 6.07) is 10.2. The third-order valence-corrected chi connectivity index (χ3v) is 5.43. The molecule has 1 saturated heterocycles. The number of nitrogens with two attached hydrogens (primary N) is 1. The van der Waals surface area contributed by atoms with Crippen molar-refractivity contribution in [2.24, 2.45) is 15.9 Å². The molecule has 3 N–H and O–H groups in total. The van der Waals surface area contributed by atoms with Gasteiger partial charge in [0.05, 0.1) is 6.21 Å². The second-order valence-corrected chi connectivity index (χ2v) is 7.39. The van der Waals surface area contributed by atoms with Gasteiger partial charge in [-0.05, 0) is 42.7 Å². The van der Waals surface area contributed by atoms with Crippen molar-refractivity contribution in [3.05, 3.63) is 58.8 Å². The monoisotopic (exact) mass is 418 g/mol. The number of hydrazone groups is 1. The van der Waals surface area contributed by atoms with Crippen molar-refractivity contribution in [1.82, 2.24) is 15.2 Å². The van der Waals surface area contributed by atoms with Crippen molar-refractivity contribution >= 4 is 35.5 Å². The lowest BCUT2D eigenvalue weighted by Crippen LogP contribution is -2.52. The smallest absolute Gasteiger partial charge is 0.255 e. The van der Waals surface area contributed by atoms with Gasteiger partial charge in [-0.3, -0.25) is 19.7 Å². The number of hydrogen-bond donors (Lipinski definition) is 2. The van der Waals surface area contributed by atoms with E-state index in [9.17, 15) is 14.4 Å². The van der Waals surface area contributed by atoms with Crippen LogP contribution in [0.4, 0.5) is 5.82 Å². The van der Waals surface area contributed by atoms with Crippen molar-refractivity contribution in [3.63, 3.8) is 0 Å². The fourth-order valence-electron chi connectivity index (χ4n) is 3.78. The van der Waals surface area contributed by atoms with Gasteiger partial charge < -0.3 is 10.7 Å². The molecule has 3 amide bonds. The van der Waals surface area contributed by atoms with Gasteiger partial charge in [0.15, 0.2) is 5.82 Å². The normalized spacial score (nSPS) is 19.1. The summed E-state index contributed by atoms with van der Waals surface area (Å²) in [5.41, 5.74) is 3.38. The highest BCUT2D eigenvalue weighted by Crippen LogP contribution is 2.28. The molecule has 31 heavy (non-hydrogen) atoms. The van der Waals surface area contributed by atoms with Crippen molar-refractivity contribution in [1.29, 1.82) is 0 Å². The van der Waals surface area contributed by atoms with Crippen LogP contribution in [0.5, 0.6) is 0 Å². The first-order valence-electron chi connectivity index (χ1n) is 10.1. The molecule has 1 fully saturated rings. The second-order valence-electron chi connectivity index (χ2n) is 7.39. The molecule has 158 valence electrons. The summed E-state index contributed by atoms with van der Waals surface area (Å²) in [6.07, 6.45) is 2.89. The van der Waals surface area contributed by atoms with Crippen molar-refractivity contribution in [2.75, 3.05) is 0 Å². The predicted octanol–water partition coefficient (Wildman–Crippen LogP) is 1.47. The van der Waals surface area contributed by atoms with Crippen LogP contribution in [0, 0.1) is 0 Å². The van der Waals surface area contributed by atoms with E-state index in [-0.39, 0.29) is 24.8 Å². The van der Waals surface area contributed by atoms with Crippen molar-refractivity contribution in [2.45, 2.75) is 38.8 Å². The summed E-state index contributed by atoms with van der Waals surface area (Å²) < 4.78 is 0. The highest BCUT2D eigenvalue weighted by Gasteiger charge is 2.39.